The molecule has 9 heteroatoms. The first-order chi connectivity index (χ1) is 17.3. The lowest BCUT2D eigenvalue weighted by Crippen LogP contribution is -2.20. The Hall–Kier alpha value is -4.14. The quantitative estimate of drug-likeness (QED) is 0.280. The van der Waals surface area contributed by atoms with Crippen molar-refractivity contribution in [2.45, 2.75) is 46.6 Å². The Morgan fingerprint density at radius 1 is 1.11 bits per heavy atom. The minimum Gasteiger partial charge on any atom is -0.496 e. The van der Waals surface area contributed by atoms with Crippen molar-refractivity contribution in [1.82, 2.24) is 0 Å². The van der Waals surface area contributed by atoms with E-state index in [9.17, 15) is 19.2 Å². The van der Waals surface area contributed by atoms with Crippen molar-refractivity contribution in [2.24, 2.45) is 0 Å². The van der Waals surface area contributed by atoms with Crippen LogP contribution in [-0.2, 0) is 27.3 Å². The number of fused-ring (bicyclic) bond motifs is 1. The molecule has 2 aromatic carbocycles. The van der Waals surface area contributed by atoms with E-state index in [0.717, 1.165) is 5.56 Å². The number of carbonyl (C=O) groups excluding carboxylic acids is 4. The largest absolute Gasteiger partial charge is 0.496 e. The van der Waals surface area contributed by atoms with Gasteiger partial charge >= 0.3 is 18.0 Å². The van der Waals surface area contributed by atoms with Gasteiger partial charge in [0, 0.05) is 28.8 Å². The SMILES string of the molecule is CCOC(=O)CC/C=C\Cc1c(OC)c(C)c2c(c1OC(=O)Nc1ccc(C(C)=O)cc1)C(=O)OC2. The van der Waals surface area contributed by atoms with Crippen LogP contribution >= 0.6 is 0 Å². The van der Waals surface area contributed by atoms with Crippen molar-refractivity contribution < 1.29 is 38.1 Å². The van der Waals surface area contributed by atoms with E-state index in [1.165, 1.54) is 14.0 Å². The lowest BCUT2D eigenvalue weighted by Gasteiger charge is -2.18. The smallest absolute Gasteiger partial charge is 0.417 e. The predicted molar refractivity (Wildman–Crippen MR) is 132 cm³/mol. The molecule has 0 radical (unpaired) electrons. The summed E-state index contributed by atoms with van der Waals surface area (Å²) in [6, 6.07) is 6.35. The molecule has 0 aromatic heterocycles. The van der Waals surface area contributed by atoms with E-state index < -0.39 is 12.1 Å². The Labute approximate surface area is 209 Å². The van der Waals surface area contributed by atoms with Crippen LogP contribution in [0.25, 0.3) is 0 Å². The van der Waals surface area contributed by atoms with Crippen LogP contribution in [0.4, 0.5) is 10.5 Å². The van der Waals surface area contributed by atoms with E-state index in [1.54, 1.807) is 31.2 Å². The molecule has 0 atom stereocenters. The summed E-state index contributed by atoms with van der Waals surface area (Å²) in [6.45, 7) is 5.40. The summed E-state index contributed by atoms with van der Waals surface area (Å²) < 4.78 is 21.4. The Bertz CT molecular complexity index is 1200. The van der Waals surface area contributed by atoms with E-state index in [2.05, 4.69) is 5.32 Å². The molecule has 0 saturated carbocycles. The summed E-state index contributed by atoms with van der Waals surface area (Å²) in [4.78, 5) is 48.4. The van der Waals surface area contributed by atoms with Gasteiger partial charge in [-0.15, -0.1) is 0 Å². The van der Waals surface area contributed by atoms with Crippen LogP contribution in [0.3, 0.4) is 0 Å². The van der Waals surface area contributed by atoms with Crippen molar-refractivity contribution in [3.8, 4) is 11.5 Å². The molecule has 9 nitrogen and oxygen atoms in total. The molecule has 0 bridgehead atoms. The molecular weight excluding hydrogens is 466 g/mol. The minimum absolute atomic E-state index is 0.0521. The number of ketones is 1. The van der Waals surface area contributed by atoms with Crippen LogP contribution < -0.4 is 14.8 Å². The van der Waals surface area contributed by atoms with Gasteiger partial charge in [-0.05, 0) is 63.4 Å². The van der Waals surface area contributed by atoms with Crippen molar-refractivity contribution in [3.63, 3.8) is 0 Å². The third-order valence-corrected chi connectivity index (χ3v) is 5.67. The van der Waals surface area contributed by atoms with Gasteiger partial charge in [0.1, 0.15) is 17.9 Å². The fourth-order valence-corrected chi connectivity index (χ4v) is 3.90. The molecule has 1 aliphatic heterocycles. The van der Waals surface area contributed by atoms with Crippen LogP contribution in [0.2, 0.25) is 0 Å². The average Bonchev–Trinajstić information content (AvgIpc) is 3.23. The highest BCUT2D eigenvalue weighted by Crippen LogP contribution is 2.43. The number of anilines is 1. The number of ether oxygens (including phenoxy) is 4. The van der Waals surface area contributed by atoms with E-state index in [4.69, 9.17) is 18.9 Å². The fraction of sp³-hybridized carbons (Fsp3) is 0.333. The average molecular weight is 496 g/mol. The third-order valence-electron chi connectivity index (χ3n) is 5.67. The second-order valence-electron chi connectivity index (χ2n) is 8.06. The Morgan fingerprint density at radius 3 is 2.47 bits per heavy atom. The second-order valence-corrected chi connectivity index (χ2v) is 8.06. The summed E-state index contributed by atoms with van der Waals surface area (Å²) in [5.41, 5.74) is 2.94. The number of benzene rings is 2. The predicted octanol–water partition coefficient (Wildman–Crippen LogP) is 4.93. The Balaban J connectivity index is 1.87. The number of carbonyl (C=O) groups is 4. The zero-order valence-corrected chi connectivity index (χ0v) is 20.8. The van der Waals surface area contributed by atoms with Gasteiger partial charge in [0.15, 0.2) is 11.5 Å². The number of esters is 2. The van der Waals surface area contributed by atoms with Crippen molar-refractivity contribution in [1.29, 1.82) is 0 Å². The van der Waals surface area contributed by atoms with E-state index in [1.807, 2.05) is 19.1 Å². The number of hydrogen-bond donors (Lipinski definition) is 1. The minimum atomic E-state index is -0.814. The maximum absolute atomic E-state index is 12.8. The van der Waals surface area contributed by atoms with Gasteiger partial charge in [-0.25, -0.2) is 9.59 Å². The number of cyclic esters (lactones) is 1. The van der Waals surface area contributed by atoms with Crippen LogP contribution in [0, 0.1) is 6.92 Å². The van der Waals surface area contributed by atoms with Crippen molar-refractivity contribution in [3.05, 3.63) is 64.2 Å². The number of hydrogen-bond acceptors (Lipinski definition) is 8. The van der Waals surface area contributed by atoms with Gasteiger partial charge < -0.3 is 18.9 Å². The molecule has 0 fully saturated rings. The summed E-state index contributed by atoms with van der Waals surface area (Å²) >= 11 is 0. The summed E-state index contributed by atoms with van der Waals surface area (Å²) in [5.74, 6) is -0.423. The van der Waals surface area contributed by atoms with Crippen LogP contribution in [0.1, 0.15) is 64.1 Å². The van der Waals surface area contributed by atoms with Gasteiger partial charge in [0.25, 0.3) is 0 Å². The number of rotatable bonds is 10. The zero-order chi connectivity index (χ0) is 26.2. The van der Waals surface area contributed by atoms with E-state index in [0.29, 0.717) is 41.2 Å². The van der Waals surface area contributed by atoms with Crippen LogP contribution in [-0.4, -0.2) is 37.5 Å². The third kappa shape index (κ3) is 6.10. The molecule has 1 amide bonds. The molecule has 0 spiro atoms. The number of Topliss-reactive ketones (excluding diaryl/α,β-unsaturated/α-hetero) is 1. The normalized spacial score (nSPS) is 12.2. The van der Waals surface area contributed by atoms with Crippen molar-refractivity contribution >= 4 is 29.5 Å². The summed E-state index contributed by atoms with van der Waals surface area (Å²) in [5, 5.41) is 2.61. The molecule has 1 heterocycles. The first kappa shape index (κ1) is 26.5. The van der Waals surface area contributed by atoms with Gasteiger partial charge in [0.05, 0.1) is 13.7 Å². The highest BCUT2D eigenvalue weighted by atomic mass is 16.6. The fourth-order valence-electron chi connectivity index (χ4n) is 3.90. The number of methoxy groups -OCH3 is 1. The number of amides is 1. The highest BCUT2D eigenvalue weighted by Gasteiger charge is 2.34. The molecule has 0 saturated heterocycles. The molecule has 0 unspecified atom stereocenters. The molecular formula is C27H29NO8. The van der Waals surface area contributed by atoms with Gasteiger partial charge in [-0.3, -0.25) is 14.9 Å². The first-order valence-electron chi connectivity index (χ1n) is 11.6. The zero-order valence-electron chi connectivity index (χ0n) is 20.8. The van der Waals surface area contributed by atoms with E-state index in [-0.39, 0.29) is 42.5 Å². The monoisotopic (exact) mass is 495 g/mol. The van der Waals surface area contributed by atoms with Crippen LogP contribution in [0.5, 0.6) is 11.5 Å². The first-order valence-corrected chi connectivity index (χ1v) is 11.6. The van der Waals surface area contributed by atoms with E-state index >= 15 is 0 Å². The summed E-state index contributed by atoms with van der Waals surface area (Å²) in [7, 11) is 1.50. The molecule has 1 aliphatic rings. The molecule has 1 N–H and O–H groups in total. The highest BCUT2D eigenvalue weighted by molar-refractivity contribution is 6.00. The number of nitrogens with one attached hydrogen (secondary N) is 1. The lowest BCUT2D eigenvalue weighted by molar-refractivity contribution is -0.143. The summed E-state index contributed by atoms with van der Waals surface area (Å²) in [6.07, 6.45) is 3.81. The second kappa shape index (κ2) is 12.0. The topological polar surface area (TPSA) is 117 Å². The maximum atomic E-state index is 12.8. The van der Waals surface area contributed by atoms with Gasteiger partial charge in [-0.1, -0.05) is 12.2 Å². The van der Waals surface area contributed by atoms with Gasteiger partial charge in [0.2, 0.25) is 0 Å². The molecule has 36 heavy (non-hydrogen) atoms. The number of allylic oxidation sites excluding steroid dienone is 2. The maximum Gasteiger partial charge on any atom is 0.417 e. The molecule has 3 rings (SSSR count). The molecule has 2 aromatic rings. The Kier molecular flexibility index (Phi) is 8.83. The standard InChI is InChI=1S/C27H29NO8/c1-5-34-22(30)10-8-6-7-9-20-24(33-4)16(2)21-15-35-26(31)23(21)25(20)36-27(32)28-19-13-11-18(12-14-19)17(3)29/h6-7,11-14H,5,8-10,15H2,1-4H3,(H,28,32)/b7-6-. The van der Waals surface area contributed by atoms with Crippen LogP contribution in [0.15, 0.2) is 36.4 Å². The Morgan fingerprint density at radius 2 is 1.83 bits per heavy atom. The molecule has 190 valence electrons. The van der Waals surface area contributed by atoms with Gasteiger partial charge in [-0.2, -0.15) is 0 Å². The van der Waals surface area contributed by atoms with Crippen molar-refractivity contribution in [2.75, 3.05) is 19.0 Å². The molecule has 0 aliphatic carbocycles. The lowest BCUT2D eigenvalue weighted by atomic mass is 9.95.